The van der Waals surface area contributed by atoms with Gasteiger partial charge in [-0.3, -0.25) is 9.59 Å². The first-order valence-corrected chi connectivity index (χ1v) is 12.6. The van der Waals surface area contributed by atoms with Crippen LogP contribution in [0.2, 0.25) is 15.1 Å². The lowest BCUT2D eigenvalue weighted by molar-refractivity contribution is -0.118. The van der Waals surface area contributed by atoms with E-state index >= 15 is 0 Å². The van der Waals surface area contributed by atoms with E-state index < -0.39 is 16.2 Å². The highest BCUT2D eigenvalue weighted by atomic mass is 35.5. The number of benzene rings is 2. The molecule has 2 aliphatic carbocycles. The molecule has 1 amide bonds. The Morgan fingerprint density at radius 2 is 1.76 bits per heavy atom. The number of nitrogens with one attached hydrogen (secondary N) is 2. The van der Waals surface area contributed by atoms with Crippen LogP contribution in [-0.4, -0.2) is 28.6 Å². The topological polar surface area (TPSA) is 82.0 Å². The molecular weight excluding hydrogens is 540 g/mol. The van der Waals surface area contributed by atoms with Crippen molar-refractivity contribution in [2.75, 3.05) is 11.9 Å². The van der Waals surface area contributed by atoms with Crippen LogP contribution < -0.4 is 10.6 Å². The van der Waals surface area contributed by atoms with Gasteiger partial charge in [0, 0.05) is 23.6 Å². The fraction of sp³-hybridized carbons (Fsp3) is 0.375. The van der Waals surface area contributed by atoms with E-state index in [2.05, 4.69) is 16.7 Å². The van der Waals surface area contributed by atoms with Crippen molar-refractivity contribution < 1.29 is 9.59 Å². The Bertz CT molecular complexity index is 1180. The third-order valence-electron chi connectivity index (χ3n) is 6.33. The first-order chi connectivity index (χ1) is 16.1. The SMILES string of the molecule is N#CC1CCC(NC(=O)c2cc(NCC(=O)C3C(c4ccc(Cl)c(Cl)c4)C3(Cl)Cl)ccc2Cl)C1. The summed E-state index contributed by atoms with van der Waals surface area (Å²) in [6.45, 7) is -0.0289. The van der Waals surface area contributed by atoms with Gasteiger partial charge in [-0.1, -0.05) is 40.9 Å². The number of anilines is 1. The predicted octanol–water partition coefficient (Wildman–Crippen LogP) is 6.64. The number of nitriles is 1. The van der Waals surface area contributed by atoms with Gasteiger partial charge >= 0.3 is 0 Å². The van der Waals surface area contributed by atoms with Gasteiger partial charge in [0.1, 0.15) is 4.33 Å². The van der Waals surface area contributed by atoms with Crippen molar-refractivity contribution in [1.29, 1.82) is 5.26 Å². The normalized spacial score (nSPS) is 24.8. The third-order valence-corrected chi connectivity index (χ3v) is 8.34. The molecule has 10 heteroatoms. The molecule has 0 aromatic heterocycles. The molecule has 0 heterocycles. The van der Waals surface area contributed by atoms with Gasteiger partial charge in [-0.25, -0.2) is 0 Å². The summed E-state index contributed by atoms with van der Waals surface area (Å²) >= 11 is 31.1. The number of Topliss-reactive ketones (excluding diaryl/α,β-unsaturated/α-hetero) is 1. The summed E-state index contributed by atoms with van der Waals surface area (Å²) in [5.74, 6) is -1.52. The van der Waals surface area contributed by atoms with Crippen molar-refractivity contribution in [3.05, 3.63) is 62.6 Å². The lowest BCUT2D eigenvalue weighted by atomic mass is 10.1. The van der Waals surface area contributed by atoms with Crippen molar-refractivity contribution in [3.63, 3.8) is 0 Å². The lowest BCUT2D eigenvalue weighted by Gasteiger charge is -2.14. The standard InChI is InChI=1S/C24H20Cl5N3O2/c25-17-6-4-14(9-16(17)23(34)32-15-3-1-12(7-15)10-30)31-11-20(33)22-21(24(22,28)29)13-2-5-18(26)19(27)8-13/h2,4-6,8-9,12,15,21-22,31H,1,3,7,11H2,(H,32,34). The Hall–Kier alpha value is -1.68. The van der Waals surface area contributed by atoms with E-state index in [1.165, 1.54) is 0 Å². The second kappa shape index (κ2) is 10.1. The van der Waals surface area contributed by atoms with Crippen LogP contribution in [0.4, 0.5) is 5.69 Å². The molecule has 4 rings (SSSR count). The van der Waals surface area contributed by atoms with E-state index in [9.17, 15) is 9.59 Å². The maximum atomic E-state index is 12.9. The summed E-state index contributed by atoms with van der Waals surface area (Å²) in [5.41, 5.74) is 1.60. The molecule has 4 atom stereocenters. The van der Waals surface area contributed by atoms with Gasteiger partial charge in [-0.15, -0.1) is 23.2 Å². The summed E-state index contributed by atoms with van der Waals surface area (Å²) in [6.07, 6.45) is 2.16. The van der Waals surface area contributed by atoms with Gasteiger partial charge in [-0.05, 0) is 55.2 Å². The number of amides is 1. The number of halogens is 5. The van der Waals surface area contributed by atoms with E-state index in [1.54, 1.807) is 36.4 Å². The largest absolute Gasteiger partial charge is 0.378 e. The number of carbonyl (C=O) groups is 2. The second-order valence-electron chi connectivity index (χ2n) is 8.63. The zero-order valence-electron chi connectivity index (χ0n) is 17.8. The summed E-state index contributed by atoms with van der Waals surface area (Å²) in [7, 11) is 0. The van der Waals surface area contributed by atoms with Crippen molar-refractivity contribution in [1.82, 2.24) is 5.32 Å². The maximum absolute atomic E-state index is 12.9. The predicted molar refractivity (Wildman–Crippen MR) is 136 cm³/mol. The van der Waals surface area contributed by atoms with Gasteiger partial charge < -0.3 is 10.6 Å². The van der Waals surface area contributed by atoms with Crippen molar-refractivity contribution >= 4 is 75.4 Å². The summed E-state index contributed by atoms with van der Waals surface area (Å²) in [6, 6.07) is 12.1. The van der Waals surface area contributed by atoms with Crippen LogP contribution in [-0.2, 0) is 4.79 Å². The van der Waals surface area contributed by atoms with Gasteiger partial charge in [0.15, 0.2) is 5.78 Å². The number of rotatable bonds is 7. The number of hydrogen-bond donors (Lipinski definition) is 2. The van der Waals surface area contributed by atoms with Crippen LogP contribution in [0.15, 0.2) is 36.4 Å². The van der Waals surface area contributed by atoms with Gasteiger partial charge in [0.25, 0.3) is 5.91 Å². The van der Waals surface area contributed by atoms with Gasteiger partial charge in [0.2, 0.25) is 0 Å². The zero-order chi connectivity index (χ0) is 24.6. The molecule has 0 spiro atoms. The fourth-order valence-electron chi connectivity index (χ4n) is 4.45. The molecule has 0 radical (unpaired) electrons. The number of alkyl halides is 2. The van der Waals surface area contributed by atoms with E-state index in [0.29, 0.717) is 32.7 Å². The molecule has 0 saturated heterocycles. The smallest absolute Gasteiger partial charge is 0.253 e. The highest BCUT2D eigenvalue weighted by Gasteiger charge is 2.67. The molecule has 2 aromatic rings. The average molecular weight is 560 g/mol. The number of carbonyl (C=O) groups excluding carboxylic acids is 2. The Kier molecular flexibility index (Phi) is 7.57. The number of nitrogens with zero attached hydrogens (tertiary/aromatic N) is 1. The monoisotopic (exact) mass is 557 g/mol. The molecule has 4 unspecified atom stereocenters. The van der Waals surface area contributed by atoms with Crippen LogP contribution in [0.5, 0.6) is 0 Å². The molecule has 5 nitrogen and oxygen atoms in total. The molecule has 178 valence electrons. The first kappa shape index (κ1) is 25.4. The van der Waals surface area contributed by atoms with Crippen LogP contribution in [0.1, 0.15) is 41.1 Å². The molecule has 2 N–H and O–H groups in total. The second-order valence-corrected chi connectivity index (χ2v) is 11.3. The van der Waals surface area contributed by atoms with Crippen LogP contribution >= 0.6 is 58.0 Å². The number of ketones is 1. The minimum atomic E-state index is -1.23. The molecule has 0 aliphatic heterocycles. The highest BCUT2D eigenvalue weighted by molar-refractivity contribution is 6.53. The molecule has 0 bridgehead atoms. The highest BCUT2D eigenvalue weighted by Crippen LogP contribution is 2.65. The van der Waals surface area contributed by atoms with Crippen LogP contribution in [0.25, 0.3) is 0 Å². The first-order valence-electron chi connectivity index (χ1n) is 10.7. The summed E-state index contributed by atoms with van der Waals surface area (Å²) in [5, 5.41) is 16.1. The molecule has 2 aliphatic rings. The van der Waals surface area contributed by atoms with E-state index in [4.69, 9.17) is 63.3 Å². The molecule has 34 heavy (non-hydrogen) atoms. The Morgan fingerprint density at radius 1 is 1.03 bits per heavy atom. The molecule has 2 saturated carbocycles. The fourth-order valence-corrected chi connectivity index (χ4v) is 5.83. The quantitative estimate of drug-likeness (QED) is 0.373. The lowest BCUT2D eigenvalue weighted by Crippen LogP contribution is -2.33. The summed E-state index contributed by atoms with van der Waals surface area (Å²) < 4.78 is -1.23. The zero-order valence-corrected chi connectivity index (χ0v) is 21.5. The Labute approximate surface area is 222 Å². The third kappa shape index (κ3) is 5.27. The number of hydrogen-bond acceptors (Lipinski definition) is 4. The minimum Gasteiger partial charge on any atom is -0.378 e. The van der Waals surface area contributed by atoms with E-state index in [-0.39, 0.29) is 30.2 Å². The van der Waals surface area contributed by atoms with Crippen LogP contribution in [0, 0.1) is 23.2 Å². The van der Waals surface area contributed by atoms with Crippen LogP contribution in [0.3, 0.4) is 0 Å². The average Bonchev–Trinajstić information content (AvgIpc) is 3.13. The Balaban J connectivity index is 1.39. The van der Waals surface area contributed by atoms with Crippen molar-refractivity contribution in [3.8, 4) is 6.07 Å². The molecule has 2 aromatic carbocycles. The minimum absolute atomic E-state index is 0.0289. The molecule has 2 fully saturated rings. The van der Waals surface area contributed by atoms with Gasteiger partial charge in [0.05, 0.1) is 39.2 Å². The van der Waals surface area contributed by atoms with E-state index in [0.717, 1.165) is 18.4 Å². The van der Waals surface area contributed by atoms with Crippen molar-refractivity contribution in [2.45, 2.75) is 35.6 Å². The van der Waals surface area contributed by atoms with Crippen molar-refractivity contribution in [2.24, 2.45) is 11.8 Å². The maximum Gasteiger partial charge on any atom is 0.253 e. The Morgan fingerprint density at radius 3 is 2.44 bits per heavy atom. The molecular formula is C24H20Cl5N3O2. The summed E-state index contributed by atoms with van der Waals surface area (Å²) in [4.78, 5) is 25.6. The van der Waals surface area contributed by atoms with E-state index in [1.807, 2.05) is 0 Å². The van der Waals surface area contributed by atoms with Gasteiger partial charge in [-0.2, -0.15) is 5.26 Å².